The van der Waals surface area contributed by atoms with Crippen LogP contribution in [0.25, 0.3) is 28.0 Å². The van der Waals surface area contributed by atoms with E-state index in [0.29, 0.717) is 16.7 Å². The maximum Gasteiger partial charge on any atom is 0.266 e. The molecule has 1 aromatic heterocycles. The van der Waals surface area contributed by atoms with E-state index in [1.54, 1.807) is 11.7 Å². The van der Waals surface area contributed by atoms with E-state index in [4.69, 9.17) is 9.72 Å². The third-order valence-corrected chi connectivity index (χ3v) is 4.73. The van der Waals surface area contributed by atoms with Crippen molar-refractivity contribution in [3.05, 3.63) is 88.2 Å². The summed E-state index contributed by atoms with van der Waals surface area (Å²) in [7, 11) is 1.62. The minimum atomic E-state index is -0.0826. The highest BCUT2D eigenvalue weighted by Crippen LogP contribution is 2.26. The average molecular weight is 356 g/mol. The molecule has 0 saturated carbocycles. The summed E-state index contributed by atoms with van der Waals surface area (Å²) in [5.41, 5.74) is 4.58. The first-order valence-corrected chi connectivity index (χ1v) is 8.82. The van der Waals surface area contributed by atoms with Gasteiger partial charge < -0.3 is 4.74 Å². The summed E-state index contributed by atoms with van der Waals surface area (Å²) in [5.74, 6) is 1.38. The van der Waals surface area contributed by atoms with Crippen LogP contribution in [0.4, 0.5) is 0 Å². The van der Waals surface area contributed by atoms with Crippen molar-refractivity contribution in [1.29, 1.82) is 0 Å². The van der Waals surface area contributed by atoms with Gasteiger partial charge in [-0.15, -0.1) is 0 Å². The zero-order valence-corrected chi connectivity index (χ0v) is 15.6. The highest BCUT2D eigenvalue weighted by Gasteiger charge is 2.16. The Morgan fingerprint density at radius 2 is 1.67 bits per heavy atom. The summed E-state index contributed by atoms with van der Waals surface area (Å²) in [6.07, 6.45) is 0. The topological polar surface area (TPSA) is 44.1 Å². The fourth-order valence-corrected chi connectivity index (χ4v) is 3.35. The molecule has 134 valence electrons. The molecule has 3 aromatic carbocycles. The Balaban J connectivity index is 2.08. The molecule has 0 aliphatic heterocycles. The van der Waals surface area contributed by atoms with Crippen molar-refractivity contribution in [2.45, 2.75) is 13.8 Å². The van der Waals surface area contributed by atoms with Crippen LogP contribution in [0.2, 0.25) is 0 Å². The molecule has 0 aliphatic rings. The number of benzene rings is 3. The molecule has 1 heterocycles. The third kappa shape index (κ3) is 2.99. The van der Waals surface area contributed by atoms with Gasteiger partial charge in [0.25, 0.3) is 5.56 Å². The molecule has 27 heavy (non-hydrogen) atoms. The van der Waals surface area contributed by atoms with Crippen molar-refractivity contribution in [2.24, 2.45) is 0 Å². The van der Waals surface area contributed by atoms with Crippen LogP contribution in [-0.2, 0) is 0 Å². The van der Waals surface area contributed by atoms with Crippen LogP contribution in [-0.4, -0.2) is 16.7 Å². The molecule has 0 saturated heterocycles. The fourth-order valence-electron chi connectivity index (χ4n) is 3.35. The van der Waals surface area contributed by atoms with E-state index in [1.165, 1.54) is 5.56 Å². The minimum absolute atomic E-state index is 0.0826. The Kier molecular flexibility index (Phi) is 4.24. The number of methoxy groups -OCH3 is 1. The van der Waals surface area contributed by atoms with Gasteiger partial charge in [0.15, 0.2) is 0 Å². The number of hydrogen-bond acceptors (Lipinski definition) is 3. The molecule has 0 spiro atoms. The SMILES string of the molecule is COc1ccc(-n2c(-c3ccc(C)cc3C)nc3ccccc3c2=O)cc1. The number of aromatic nitrogens is 2. The normalized spacial score (nSPS) is 10.9. The fraction of sp³-hybridized carbons (Fsp3) is 0.130. The predicted octanol–water partition coefficient (Wildman–Crippen LogP) is 4.68. The van der Waals surface area contributed by atoms with Gasteiger partial charge in [-0.2, -0.15) is 0 Å². The summed E-state index contributed by atoms with van der Waals surface area (Å²) in [5, 5.41) is 0.599. The van der Waals surface area contributed by atoms with E-state index in [0.717, 1.165) is 22.6 Å². The molecule has 4 aromatic rings. The lowest BCUT2D eigenvalue weighted by Crippen LogP contribution is -2.22. The smallest absolute Gasteiger partial charge is 0.266 e. The van der Waals surface area contributed by atoms with Gasteiger partial charge in [0, 0.05) is 5.56 Å². The molecule has 0 aliphatic carbocycles. The first kappa shape index (κ1) is 17.0. The van der Waals surface area contributed by atoms with E-state index in [9.17, 15) is 4.79 Å². The average Bonchev–Trinajstić information content (AvgIpc) is 2.68. The number of hydrogen-bond donors (Lipinski definition) is 0. The van der Waals surface area contributed by atoms with Gasteiger partial charge in [0.2, 0.25) is 0 Å². The predicted molar refractivity (Wildman–Crippen MR) is 109 cm³/mol. The van der Waals surface area contributed by atoms with E-state index in [-0.39, 0.29) is 5.56 Å². The lowest BCUT2D eigenvalue weighted by molar-refractivity contribution is 0.414. The molecule has 0 radical (unpaired) electrons. The highest BCUT2D eigenvalue weighted by molar-refractivity contribution is 5.81. The minimum Gasteiger partial charge on any atom is -0.497 e. The van der Waals surface area contributed by atoms with Crippen molar-refractivity contribution in [3.8, 4) is 22.8 Å². The molecule has 4 rings (SSSR count). The molecular formula is C23H20N2O2. The van der Waals surface area contributed by atoms with Crippen LogP contribution in [0.15, 0.2) is 71.5 Å². The second-order valence-electron chi connectivity index (χ2n) is 6.61. The first-order valence-electron chi connectivity index (χ1n) is 8.82. The Morgan fingerprint density at radius 1 is 0.926 bits per heavy atom. The van der Waals surface area contributed by atoms with E-state index in [2.05, 4.69) is 13.0 Å². The number of aryl methyl sites for hydroxylation is 2. The Hall–Kier alpha value is -3.40. The quantitative estimate of drug-likeness (QED) is 0.535. The lowest BCUT2D eigenvalue weighted by Gasteiger charge is -2.16. The van der Waals surface area contributed by atoms with Gasteiger partial charge in [0.1, 0.15) is 11.6 Å². The summed E-state index contributed by atoms with van der Waals surface area (Å²) >= 11 is 0. The molecule has 0 fully saturated rings. The number of fused-ring (bicyclic) bond motifs is 1. The molecule has 0 unspecified atom stereocenters. The number of nitrogens with zero attached hydrogens (tertiary/aromatic N) is 2. The molecule has 0 N–H and O–H groups in total. The van der Waals surface area contributed by atoms with Gasteiger partial charge >= 0.3 is 0 Å². The van der Waals surface area contributed by atoms with Gasteiger partial charge in [-0.25, -0.2) is 4.98 Å². The second kappa shape index (κ2) is 6.72. The van der Waals surface area contributed by atoms with Crippen LogP contribution in [0, 0.1) is 13.8 Å². The van der Waals surface area contributed by atoms with Crippen molar-refractivity contribution >= 4 is 10.9 Å². The Bertz CT molecular complexity index is 1190. The van der Waals surface area contributed by atoms with Crippen molar-refractivity contribution in [3.63, 3.8) is 0 Å². The maximum atomic E-state index is 13.3. The summed E-state index contributed by atoms with van der Waals surface area (Å²) < 4.78 is 6.93. The molecule has 4 heteroatoms. The zero-order valence-electron chi connectivity index (χ0n) is 15.6. The van der Waals surface area contributed by atoms with E-state index >= 15 is 0 Å². The maximum absolute atomic E-state index is 13.3. The van der Waals surface area contributed by atoms with Crippen LogP contribution in [0.5, 0.6) is 5.75 Å². The summed E-state index contributed by atoms with van der Waals surface area (Å²) in [6.45, 7) is 4.10. The van der Waals surface area contributed by atoms with Gasteiger partial charge in [-0.05, 0) is 55.8 Å². The molecule has 0 atom stereocenters. The number of ether oxygens (including phenoxy) is 1. The van der Waals surface area contributed by atoms with E-state index in [1.807, 2.05) is 67.6 Å². The Labute approximate surface area is 157 Å². The molecule has 0 amide bonds. The number of rotatable bonds is 3. The second-order valence-corrected chi connectivity index (χ2v) is 6.61. The zero-order chi connectivity index (χ0) is 19.0. The van der Waals surface area contributed by atoms with E-state index < -0.39 is 0 Å². The van der Waals surface area contributed by atoms with Crippen LogP contribution >= 0.6 is 0 Å². The Morgan fingerprint density at radius 3 is 2.37 bits per heavy atom. The molecule has 0 bridgehead atoms. The molecule has 4 nitrogen and oxygen atoms in total. The van der Waals surface area contributed by atoms with Crippen molar-refractivity contribution < 1.29 is 4.74 Å². The van der Waals surface area contributed by atoms with Crippen molar-refractivity contribution in [1.82, 2.24) is 9.55 Å². The standard InChI is InChI=1S/C23H20N2O2/c1-15-8-13-19(16(2)14-15)22-24-21-7-5-4-6-20(21)23(26)25(22)17-9-11-18(27-3)12-10-17/h4-14H,1-3H3. The van der Waals surface area contributed by atoms with Crippen LogP contribution in [0.1, 0.15) is 11.1 Å². The van der Waals surface area contributed by atoms with Gasteiger partial charge in [0.05, 0.1) is 23.7 Å². The van der Waals surface area contributed by atoms with Crippen LogP contribution < -0.4 is 10.3 Å². The largest absolute Gasteiger partial charge is 0.497 e. The molecular weight excluding hydrogens is 336 g/mol. The monoisotopic (exact) mass is 356 g/mol. The number of para-hydroxylation sites is 1. The first-order chi connectivity index (χ1) is 13.1. The third-order valence-electron chi connectivity index (χ3n) is 4.73. The lowest BCUT2D eigenvalue weighted by atomic mass is 10.0. The van der Waals surface area contributed by atoms with Crippen molar-refractivity contribution in [2.75, 3.05) is 7.11 Å². The summed E-state index contributed by atoms with van der Waals surface area (Å²) in [4.78, 5) is 18.2. The van der Waals surface area contributed by atoms with Crippen LogP contribution in [0.3, 0.4) is 0 Å². The van der Waals surface area contributed by atoms with Gasteiger partial charge in [-0.3, -0.25) is 9.36 Å². The summed E-state index contributed by atoms with van der Waals surface area (Å²) in [6, 6.07) is 21.1. The highest BCUT2D eigenvalue weighted by atomic mass is 16.5. The van der Waals surface area contributed by atoms with Gasteiger partial charge in [-0.1, -0.05) is 35.9 Å².